The normalized spacial score (nSPS) is 18.3. The Balaban J connectivity index is 2.13. The standard InChI is InChI=1S/C15H14N2O/c1-2-9-17-15(14-8-5-10-18-14)13-7-4-3-6-12(13)11-16-17/h2-11,15H,1H3. The summed E-state index contributed by atoms with van der Waals surface area (Å²) in [6.07, 6.45) is 7.51. The first-order valence-electron chi connectivity index (χ1n) is 5.97. The summed E-state index contributed by atoms with van der Waals surface area (Å²) in [6.45, 7) is 1.98. The molecular weight excluding hydrogens is 224 g/mol. The third-order valence-electron chi connectivity index (χ3n) is 3.00. The SMILES string of the molecule is CC=CN1N=Cc2ccccc2C1c1ccco1. The Kier molecular flexibility index (Phi) is 2.73. The van der Waals surface area contributed by atoms with Gasteiger partial charge in [0, 0.05) is 11.8 Å². The minimum absolute atomic E-state index is 0.0115. The lowest BCUT2D eigenvalue weighted by molar-refractivity contribution is 0.287. The zero-order valence-corrected chi connectivity index (χ0v) is 10.2. The molecule has 18 heavy (non-hydrogen) atoms. The zero-order valence-electron chi connectivity index (χ0n) is 10.2. The summed E-state index contributed by atoms with van der Waals surface area (Å²) in [5, 5.41) is 6.38. The van der Waals surface area contributed by atoms with Crippen LogP contribution in [0.25, 0.3) is 0 Å². The lowest BCUT2D eigenvalue weighted by Crippen LogP contribution is -2.24. The predicted molar refractivity (Wildman–Crippen MR) is 71.2 cm³/mol. The number of hydrogen-bond donors (Lipinski definition) is 0. The quantitative estimate of drug-likeness (QED) is 0.800. The van der Waals surface area contributed by atoms with E-state index in [0.717, 1.165) is 11.3 Å². The summed E-state index contributed by atoms with van der Waals surface area (Å²) in [6, 6.07) is 12.2. The van der Waals surface area contributed by atoms with E-state index in [1.54, 1.807) is 6.26 Å². The van der Waals surface area contributed by atoms with Crippen molar-refractivity contribution in [3.63, 3.8) is 0 Å². The van der Waals surface area contributed by atoms with Crippen molar-refractivity contribution in [3.05, 3.63) is 71.8 Å². The van der Waals surface area contributed by atoms with Gasteiger partial charge in [0.05, 0.1) is 12.5 Å². The number of rotatable bonds is 2. The van der Waals surface area contributed by atoms with Gasteiger partial charge in [0.15, 0.2) is 0 Å². The Morgan fingerprint density at radius 1 is 1.22 bits per heavy atom. The van der Waals surface area contributed by atoms with Gasteiger partial charge in [-0.3, -0.25) is 5.01 Å². The number of allylic oxidation sites excluding steroid dienone is 1. The second-order valence-corrected chi connectivity index (χ2v) is 4.15. The van der Waals surface area contributed by atoms with Crippen LogP contribution in [0.1, 0.15) is 29.9 Å². The van der Waals surface area contributed by atoms with E-state index < -0.39 is 0 Å². The van der Waals surface area contributed by atoms with E-state index in [1.165, 1.54) is 5.56 Å². The second kappa shape index (κ2) is 4.53. The van der Waals surface area contributed by atoms with Crippen LogP contribution in [0, 0.1) is 0 Å². The molecule has 0 radical (unpaired) electrons. The Labute approximate surface area is 106 Å². The molecule has 3 heteroatoms. The molecule has 0 fully saturated rings. The molecule has 0 saturated heterocycles. The fourth-order valence-electron chi connectivity index (χ4n) is 2.22. The summed E-state index contributed by atoms with van der Waals surface area (Å²) in [5.74, 6) is 0.900. The molecule has 0 amide bonds. The lowest BCUT2D eigenvalue weighted by Gasteiger charge is -2.29. The van der Waals surface area contributed by atoms with Crippen molar-refractivity contribution < 1.29 is 4.42 Å². The Hall–Kier alpha value is -2.29. The van der Waals surface area contributed by atoms with Crippen LogP contribution >= 0.6 is 0 Å². The molecule has 1 aromatic carbocycles. The molecule has 90 valence electrons. The maximum absolute atomic E-state index is 5.56. The predicted octanol–water partition coefficient (Wildman–Crippen LogP) is 3.55. The van der Waals surface area contributed by atoms with Gasteiger partial charge in [-0.25, -0.2) is 0 Å². The molecule has 0 spiro atoms. The van der Waals surface area contributed by atoms with Crippen molar-refractivity contribution in [3.8, 4) is 0 Å². The van der Waals surface area contributed by atoms with Crippen molar-refractivity contribution in [1.82, 2.24) is 5.01 Å². The highest BCUT2D eigenvalue weighted by molar-refractivity contribution is 5.83. The minimum atomic E-state index is 0.0115. The molecule has 1 aromatic heterocycles. The van der Waals surface area contributed by atoms with Crippen molar-refractivity contribution in [2.24, 2.45) is 5.10 Å². The van der Waals surface area contributed by atoms with Gasteiger partial charge >= 0.3 is 0 Å². The van der Waals surface area contributed by atoms with Gasteiger partial charge in [-0.05, 0) is 24.6 Å². The molecule has 3 rings (SSSR count). The van der Waals surface area contributed by atoms with Crippen molar-refractivity contribution in [1.29, 1.82) is 0 Å². The van der Waals surface area contributed by atoms with E-state index in [0.29, 0.717) is 0 Å². The minimum Gasteiger partial charge on any atom is -0.467 e. The van der Waals surface area contributed by atoms with Gasteiger partial charge in [-0.2, -0.15) is 5.10 Å². The molecule has 2 aromatic rings. The Morgan fingerprint density at radius 3 is 2.89 bits per heavy atom. The fourth-order valence-corrected chi connectivity index (χ4v) is 2.22. The van der Waals surface area contributed by atoms with E-state index in [2.05, 4.69) is 17.2 Å². The van der Waals surface area contributed by atoms with E-state index in [-0.39, 0.29) is 6.04 Å². The summed E-state index contributed by atoms with van der Waals surface area (Å²) >= 11 is 0. The summed E-state index contributed by atoms with van der Waals surface area (Å²) in [5.41, 5.74) is 2.35. The van der Waals surface area contributed by atoms with E-state index in [9.17, 15) is 0 Å². The molecule has 0 aliphatic carbocycles. The highest BCUT2D eigenvalue weighted by Gasteiger charge is 2.26. The Morgan fingerprint density at radius 2 is 2.11 bits per heavy atom. The lowest BCUT2D eigenvalue weighted by atomic mass is 9.97. The van der Waals surface area contributed by atoms with Gasteiger partial charge in [0.2, 0.25) is 0 Å². The Bertz CT molecular complexity index is 584. The molecule has 2 heterocycles. The third-order valence-corrected chi connectivity index (χ3v) is 3.00. The number of hydrazone groups is 1. The topological polar surface area (TPSA) is 28.7 Å². The van der Waals surface area contributed by atoms with Gasteiger partial charge in [-0.15, -0.1) is 0 Å². The highest BCUT2D eigenvalue weighted by atomic mass is 16.3. The van der Waals surface area contributed by atoms with Crippen LogP contribution in [-0.4, -0.2) is 11.2 Å². The number of benzene rings is 1. The van der Waals surface area contributed by atoms with Gasteiger partial charge in [0.25, 0.3) is 0 Å². The second-order valence-electron chi connectivity index (χ2n) is 4.15. The number of furan rings is 1. The van der Waals surface area contributed by atoms with Crippen LogP contribution in [0.15, 0.2) is 64.5 Å². The average Bonchev–Trinajstić information content (AvgIpc) is 2.92. The first kappa shape index (κ1) is 10.8. The van der Waals surface area contributed by atoms with Crippen molar-refractivity contribution in [2.75, 3.05) is 0 Å². The highest BCUT2D eigenvalue weighted by Crippen LogP contribution is 2.33. The molecule has 0 bridgehead atoms. The van der Waals surface area contributed by atoms with Crippen LogP contribution in [0.3, 0.4) is 0 Å². The number of fused-ring (bicyclic) bond motifs is 1. The maximum atomic E-state index is 5.56. The van der Waals surface area contributed by atoms with E-state index in [1.807, 2.05) is 54.7 Å². The monoisotopic (exact) mass is 238 g/mol. The van der Waals surface area contributed by atoms with Crippen LogP contribution in [0.2, 0.25) is 0 Å². The van der Waals surface area contributed by atoms with E-state index in [4.69, 9.17) is 4.42 Å². The molecule has 3 nitrogen and oxygen atoms in total. The maximum Gasteiger partial charge on any atom is 0.135 e. The summed E-state index contributed by atoms with van der Waals surface area (Å²) < 4.78 is 5.56. The number of hydrogen-bond acceptors (Lipinski definition) is 3. The van der Waals surface area contributed by atoms with Crippen molar-refractivity contribution >= 4 is 6.21 Å². The smallest absolute Gasteiger partial charge is 0.135 e. The van der Waals surface area contributed by atoms with Gasteiger partial charge in [-0.1, -0.05) is 30.3 Å². The number of nitrogens with zero attached hydrogens (tertiary/aromatic N) is 2. The van der Waals surface area contributed by atoms with Gasteiger partial charge < -0.3 is 4.42 Å². The average molecular weight is 238 g/mol. The first-order chi connectivity index (χ1) is 8.90. The van der Waals surface area contributed by atoms with Crippen LogP contribution < -0.4 is 0 Å². The van der Waals surface area contributed by atoms with Crippen molar-refractivity contribution in [2.45, 2.75) is 13.0 Å². The summed E-state index contributed by atoms with van der Waals surface area (Å²) in [4.78, 5) is 0. The van der Waals surface area contributed by atoms with Gasteiger partial charge in [0.1, 0.15) is 11.8 Å². The fraction of sp³-hybridized carbons (Fsp3) is 0.133. The molecule has 0 saturated carbocycles. The van der Waals surface area contributed by atoms with Crippen LogP contribution in [0.5, 0.6) is 0 Å². The largest absolute Gasteiger partial charge is 0.467 e. The third kappa shape index (κ3) is 1.74. The molecule has 1 atom stereocenters. The van der Waals surface area contributed by atoms with Crippen LogP contribution in [0.4, 0.5) is 0 Å². The van der Waals surface area contributed by atoms with Crippen LogP contribution in [-0.2, 0) is 0 Å². The molecule has 0 N–H and O–H groups in total. The molecule has 1 aliphatic rings. The zero-order chi connectivity index (χ0) is 12.4. The molecule has 1 unspecified atom stereocenters. The molecule has 1 aliphatic heterocycles. The summed E-state index contributed by atoms with van der Waals surface area (Å²) in [7, 11) is 0. The van der Waals surface area contributed by atoms with E-state index >= 15 is 0 Å². The first-order valence-corrected chi connectivity index (χ1v) is 5.97. The molecular formula is C15H14N2O.